The molecule has 1 aliphatic rings. The molecule has 28 nitrogen and oxygen atoms in total. The lowest BCUT2D eigenvalue weighted by molar-refractivity contribution is -0.143. The average Bonchev–Trinajstić information content (AvgIpc) is 3.80. The van der Waals surface area contributed by atoms with E-state index in [9.17, 15) is 72.2 Å². The van der Waals surface area contributed by atoms with Crippen LogP contribution in [0.1, 0.15) is 122 Å². The van der Waals surface area contributed by atoms with Gasteiger partial charge in [-0.1, -0.05) is 27.7 Å². The van der Waals surface area contributed by atoms with Crippen LogP contribution >= 0.6 is 0 Å². The summed E-state index contributed by atoms with van der Waals surface area (Å²) in [6.45, 7) is 17.8. The van der Waals surface area contributed by atoms with Crippen LogP contribution in [-0.4, -0.2) is 172 Å². The number of carboxylic acid groups (broad SMARTS) is 1. The normalized spacial score (nSPS) is 16.7. The number of hydrogen-bond donors (Lipinski definition) is 13. The van der Waals surface area contributed by atoms with Crippen molar-refractivity contribution in [1.29, 1.82) is 0 Å². The number of nitrogens with two attached hydrogens (primary N) is 1. The zero-order chi connectivity index (χ0) is 57.6. The van der Waals surface area contributed by atoms with E-state index in [1.165, 1.54) is 41.5 Å². The standard InChI is InChI=1S/C47H79N13O15/c1-21(2)18-31(58-44(72)30(15-16-36(63)64)57-42(70)28(11)51-37(65)22(3)4)45(73)55-26(9)40(68)54-29(12)43(71)59-32(19-34(48)61)47(75)60-17-13-14-33(60)46(74)56-27(10)41(69)53-25(8)39(67)52-24(7)38(66)49-20-35(62)50-23(5)6/h21-33H,13-20H2,1-12H3,(H2,48,61)(H,49,66)(H,50,62)(H,51,65)(H,52,67)(H,53,69)(H,54,68)(H,55,73)(H,56,74)(H,57,70)(H,58,72)(H,59,71)(H,63,64)/t24-,25-,26-,27-,28-,29-,30-,31-,32-,33-/m0/s1. The molecule has 0 aromatic heterocycles. The molecule has 10 atom stereocenters. The molecule has 0 aliphatic carbocycles. The van der Waals surface area contributed by atoms with Crippen LogP contribution < -0.4 is 64.2 Å². The quantitative estimate of drug-likeness (QED) is 0.0323. The van der Waals surface area contributed by atoms with E-state index in [4.69, 9.17) is 5.73 Å². The van der Waals surface area contributed by atoms with Crippen LogP contribution in [0.3, 0.4) is 0 Å². The average molecular weight is 1070 g/mol. The van der Waals surface area contributed by atoms with E-state index >= 15 is 0 Å². The Labute approximate surface area is 436 Å². The van der Waals surface area contributed by atoms with E-state index in [1.807, 2.05) is 0 Å². The zero-order valence-corrected chi connectivity index (χ0v) is 44.8. The molecule has 422 valence electrons. The molecule has 0 saturated carbocycles. The van der Waals surface area contributed by atoms with Crippen molar-refractivity contribution in [2.24, 2.45) is 17.6 Å². The topological polar surface area (TPSA) is 421 Å². The van der Waals surface area contributed by atoms with Gasteiger partial charge in [0.25, 0.3) is 0 Å². The summed E-state index contributed by atoms with van der Waals surface area (Å²) >= 11 is 0. The first-order valence-electron chi connectivity index (χ1n) is 24.9. The largest absolute Gasteiger partial charge is 0.481 e. The number of hydrogen-bond acceptors (Lipinski definition) is 14. The van der Waals surface area contributed by atoms with E-state index in [2.05, 4.69) is 58.5 Å². The highest BCUT2D eigenvalue weighted by molar-refractivity contribution is 6.00. The Morgan fingerprint density at radius 1 is 0.507 bits per heavy atom. The van der Waals surface area contributed by atoms with Crippen molar-refractivity contribution in [3.05, 3.63) is 0 Å². The maximum atomic E-state index is 13.9. The van der Waals surface area contributed by atoms with Gasteiger partial charge < -0.3 is 74.2 Å². The summed E-state index contributed by atoms with van der Waals surface area (Å²) in [5.74, 6) is -12.1. The number of carbonyl (C=O) groups excluding carboxylic acids is 13. The SMILES string of the molecule is CC(C)C[C@H](NC(=O)[C@H](CCC(=O)O)NC(=O)[C@H](C)NC(=O)C(C)C)C(=O)N[C@@H](C)C(=O)N[C@@H](C)C(=O)N[C@@H](CC(N)=O)C(=O)N1CCC[C@H]1C(=O)N[C@@H](C)C(=O)N[C@@H](C)C(=O)N[C@@H](C)C(=O)NCC(=O)NC(C)C. The van der Waals surface area contributed by atoms with Gasteiger partial charge in [0, 0.05) is 24.9 Å². The van der Waals surface area contributed by atoms with Crippen LogP contribution in [0.4, 0.5) is 0 Å². The first kappa shape index (κ1) is 65.6. The van der Waals surface area contributed by atoms with Gasteiger partial charge in [0.1, 0.15) is 60.4 Å². The van der Waals surface area contributed by atoms with Gasteiger partial charge in [-0.3, -0.25) is 67.1 Å². The molecule has 1 fully saturated rings. The summed E-state index contributed by atoms with van der Waals surface area (Å²) < 4.78 is 0. The lowest BCUT2D eigenvalue weighted by Crippen LogP contribution is -2.60. The predicted octanol–water partition coefficient (Wildman–Crippen LogP) is -4.46. The summed E-state index contributed by atoms with van der Waals surface area (Å²) in [5, 5.41) is 36.3. The molecule has 1 aliphatic heterocycles. The number of nitrogens with zero attached hydrogens (tertiary/aromatic N) is 1. The van der Waals surface area contributed by atoms with Gasteiger partial charge in [-0.05, 0) is 87.0 Å². The van der Waals surface area contributed by atoms with Crippen molar-refractivity contribution in [3.8, 4) is 0 Å². The molecule has 0 aromatic rings. The highest BCUT2D eigenvalue weighted by Gasteiger charge is 2.40. The second kappa shape index (κ2) is 31.3. The van der Waals surface area contributed by atoms with Crippen molar-refractivity contribution < 1.29 is 72.2 Å². The van der Waals surface area contributed by atoms with Crippen molar-refractivity contribution in [1.82, 2.24) is 63.4 Å². The van der Waals surface area contributed by atoms with Crippen LogP contribution in [0.2, 0.25) is 0 Å². The van der Waals surface area contributed by atoms with Gasteiger partial charge in [-0.15, -0.1) is 0 Å². The van der Waals surface area contributed by atoms with Gasteiger partial charge in [0.05, 0.1) is 13.0 Å². The molecule has 1 heterocycles. The van der Waals surface area contributed by atoms with Gasteiger partial charge in [-0.25, -0.2) is 0 Å². The van der Waals surface area contributed by atoms with Crippen molar-refractivity contribution >= 4 is 82.8 Å². The minimum atomic E-state index is -1.62. The van der Waals surface area contributed by atoms with Crippen molar-refractivity contribution in [2.45, 2.75) is 188 Å². The lowest BCUT2D eigenvalue weighted by Gasteiger charge is -2.30. The van der Waals surface area contributed by atoms with Gasteiger partial charge >= 0.3 is 5.97 Å². The molecule has 0 aromatic carbocycles. The van der Waals surface area contributed by atoms with Crippen LogP contribution in [0.15, 0.2) is 0 Å². The molecular weight excluding hydrogens is 987 g/mol. The first-order chi connectivity index (χ1) is 34.7. The minimum Gasteiger partial charge on any atom is -0.481 e. The fourth-order valence-electron chi connectivity index (χ4n) is 7.12. The number of likely N-dealkylation sites (tertiary alicyclic amines) is 1. The molecule has 0 spiro atoms. The van der Waals surface area contributed by atoms with E-state index in [0.29, 0.717) is 6.42 Å². The summed E-state index contributed by atoms with van der Waals surface area (Å²) in [6, 6.07) is -13.0. The van der Waals surface area contributed by atoms with Crippen LogP contribution in [0.5, 0.6) is 0 Å². The molecule has 13 amide bonds. The Morgan fingerprint density at radius 2 is 0.920 bits per heavy atom. The van der Waals surface area contributed by atoms with E-state index in [0.717, 1.165) is 4.90 Å². The summed E-state index contributed by atoms with van der Waals surface area (Å²) in [5.41, 5.74) is 5.43. The second-order valence-corrected chi connectivity index (χ2v) is 19.6. The summed E-state index contributed by atoms with van der Waals surface area (Å²) in [4.78, 5) is 181. The van der Waals surface area contributed by atoms with Crippen LogP contribution in [0, 0.1) is 11.8 Å². The number of carboxylic acids is 1. The molecule has 0 bridgehead atoms. The first-order valence-corrected chi connectivity index (χ1v) is 24.9. The fraction of sp³-hybridized carbons (Fsp3) is 0.702. The minimum absolute atomic E-state index is 0.00464. The second-order valence-electron chi connectivity index (χ2n) is 19.6. The monoisotopic (exact) mass is 1070 g/mol. The molecule has 14 N–H and O–H groups in total. The van der Waals surface area contributed by atoms with E-state index in [-0.39, 0.29) is 44.3 Å². The fourth-order valence-corrected chi connectivity index (χ4v) is 7.12. The Kier molecular flexibility index (Phi) is 27.4. The number of primary amides is 1. The smallest absolute Gasteiger partial charge is 0.303 e. The number of aliphatic carboxylic acids is 1. The molecular formula is C47H79N13O15. The third kappa shape index (κ3) is 23.6. The molecule has 1 rings (SSSR count). The molecule has 0 radical (unpaired) electrons. The Hall–Kier alpha value is -7.42. The number of carbonyl (C=O) groups is 14. The highest BCUT2D eigenvalue weighted by atomic mass is 16.4. The summed E-state index contributed by atoms with van der Waals surface area (Å²) in [6.07, 6.45) is -1.16. The van der Waals surface area contributed by atoms with Crippen molar-refractivity contribution in [2.75, 3.05) is 13.1 Å². The van der Waals surface area contributed by atoms with Crippen LogP contribution in [-0.2, 0) is 67.1 Å². The van der Waals surface area contributed by atoms with Gasteiger partial charge in [0.2, 0.25) is 76.8 Å². The Balaban J connectivity index is 2.99. The molecule has 75 heavy (non-hydrogen) atoms. The number of nitrogens with one attached hydrogen (secondary N) is 11. The zero-order valence-electron chi connectivity index (χ0n) is 44.8. The predicted molar refractivity (Wildman–Crippen MR) is 267 cm³/mol. The molecule has 0 unspecified atom stereocenters. The van der Waals surface area contributed by atoms with E-state index in [1.54, 1.807) is 41.5 Å². The molecule has 1 saturated heterocycles. The Bertz CT molecular complexity index is 2120. The van der Waals surface area contributed by atoms with Gasteiger partial charge in [0.15, 0.2) is 0 Å². The summed E-state index contributed by atoms with van der Waals surface area (Å²) in [7, 11) is 0. The van der Waals surface area contributed by atoms with Crippen LogP contribution in [0.25, 0.3) is 0 Å². The number of rotatable bonds is 30. The maximum absolute atomic E-state index is 13.9. The lowest BCUT2D eigenvalue weighted by atomic mass is 10.0. The number of amides is 13. The molecule has 28 heteroatoms. The highest BCUT2D eigenvalue weighted by Crippen LogP contribution is 2.20. The maximum Gasteiger partial charge on any atom is 0.303 e. The van der Waals surface area contributed by atoms with E-state index < -0.39 is 162 Å². The third-order valence-corrected chi connectivity index (χ3v) is 11.4. The Morgan fingerprint density at radius 3 is 1.37 bits per heavy atom. The third-order valence-electron chi connectivity index (χ3n) is 11.4. The van der Waals surface area contributed by atoms with Crippen molar-refractivity contribution in [3.63, 3.8) is 0 Å². The van der Waals surface area contributed by atoms with Gasteiger partial charge in [-0.2, -0.15) is 0 Å².